The molecule has 0 aliphatic rings. The number of amides is 1. The van der Waals surface area contributed by atoms with Gasteiger partial charge in [0.15, 0.2) is 0 Å². The predicted octanol–water partition coefficient (Wildman–Crippen LogP) is 2.08. The highest BCUT2D eigenvalue weighted by Gasteiger charge is 2.48. The van der Waals surface area contributed by atoms with Gasteiger partial charge in [0.05, 0.1) is 0 Å². The third kappa shape index (κ3) is 5.34. The molecule has 0 aliphatic heterocycles. The van der Waals surface area contributed by atoms with Crippen molar-refractivity contribution in [1.29, 1.82) is 0 Å². The van der Waals surface area contributed by atoms with E-state index in [4.69, 9.17) is 18.4 Å². The van der Waals surface area contributed by atoms with Crippen LogP contribution in [0.25, 0.3) is 0 Å². The molecule has 18 heavy (non-hydrogen) atoms. The fourth-order valence-corrected chi connectivity index (χ4v) is 4.83. The summed E-state index contributed by atoms with van der Waals surface area (Å²) in [5.41, 5.74) is -0.0616. The second-order valence-electron chi connectivity index (χ2n) is 3.69. The molecule has 108 valence electrons. The Labute approximate surface area is 110 Å². The van der Waals surface area contributed by atoms with Crippen molar-refractivity contribution in [3.63, 3.8) is 0 Å². The number of hydrogen-bond acceptors (Lipinski definition) is 4. The predicted molar refractivity (Wildman–Crippen MR) is 70.7 cm³/mol. The molecular weight excluding hydrogens is 254 g/mol. The van der Waals surface area contributed by atoms with E-state index in [0.717, 1.165) is 6.42 Å². The highest BCUT2D eigenvalue weighted by atomic mass is 28.4. The van der Waals surface area contributed by atoms with E-state index in [2.05, 4.69) is 5.32 Å². The van der Waals surface area contributed by atoms with Gasteiger partial charge in [-0.25, -0.2) is 4.79 Å². The highest BCUT2D eigenvalue weighted by Crippen LogP contribution is 2.28. The fraction of sp³-hybridized carbons (Fsp3) is 0.909. The summed E-state index contributed by atoms with van der Waals surface area (Å²) >= 11 is 0. The fourth-order valence-electron chi connectivity index (χ4n) is 1.81. The molecule has 6 nitrogen and oxygen atoms in total. The largest absolute Gasteiger partial charge is 0.506 e. The van der Waals surface area contributed by atoms with Crippen molar-refractivity contribution in [2.45, 2.75) is 39.7 Å². The molecule has 1 atom stereocenters. The number of nitrogens with one attached hydrogen (secondary N) is 1. The van der Waals surface area contributed by atoms with Crippen molar-refractivity contribution in [1.82, 2.24) is 5.32 Å². The van der Waals surface area contributed by atoms with Gasteiger partial charge in [0, 0.05) is 31.9 Å². The second kappa shape index (κ2) is 9.32. The van der Waals surface area contributed by atoms with Crippen LogP contribution >= 0.6 is 0 Å². The second-order valence-corrected chi connectivity index (χ2v) is 6.58. The van der Waals surface area contributed by atoms with Crippen LogP contribution < -0.4 is 5.32 Å². The number of carbonyl (C=O) groups is 1. The summed E-state index contributed by atoms with van der Waals surface area (Å²) in [6, 6.07) is 0. The Bertz CT molecular complexity index is 222. The topological polar surface area (TPSA) is 77.0 Å². The van der Waals surface area contributed by atoms with E-state index in [1.165, 1.54) is 0 Å². The van der Waals surface area contributed by atoms with Gasteiger partial charge in [-0.15, -0.1) is 0 Å². The van der Waals surface area contributed by atoms with Gasteiger partial charge in [-0.05, 0) is 27.2 Å². The molecular formula is C11H25NO5Si. The molecule has 0 aromatic carbocycles. The van der Waals surface area contributed by atoms with Crippen LogP contribution in [-0.2, 0) is 13.3 Å². The molecule has 0 aromatic heterocycles. The normalized spacial score (nSPS) is 13.3. The summed E-state index contributed by atoms with van der Waals surface area (Å²) in [5.74, 6) is 0. The van der Waals surface area contributed by atoms with Crippen molar-refractivity contribution in [3.8, 4) is 0 Å². The molecule has 0 spiro atoms. The lowest BCUT2D eigenvalue weighted by molar-refractivity contribution is 0.0602. The Kier molecular flexibility index (Phi) is 8.99. The van der Waals surface area contributed by atoms with Crippen LogP contribution in [-0.4, -0.2) is 46.4 Å². The Morgan fingerprint density at radius 2 is 1.56 bits per heavy atom. The lowest BCUT2D eigenvalue weighted by Gasteiger charge is -2.34. The summed E-state index contributed by atoms with van der Waals surface area (Å²) in [5, 5.41) is 11.1. The Morgan fingerprint density at radius 3 is 1.83 bits per heavy atom. The lowest BCUT2D eigenvalue weighted by Crippen LogP contribution is -2.53. The molecule has 1 amide bonds. The zero-order valence-corrected chi connectivity index (χ0v) is 12.7. The van der Waals surface area contributed by atoms with Crippen molar-refractivity contribution in [2.24, 2.45) is 0 Å². The maximum Gasteiger partial charge on any atom is 0.506 e. The van der Waals surface area contributed by atoms with Gasteiger partial charge in [-0.1, -0.05) is 6.92 Å². The first-order valence-corrected chi connectivity index (χ1v) is 8.25. The number of carboxylic acid groups (broad SMARTS) is 1. The quantitative estimate of drug-likeness (QED) is 0.599. The van der Waals surface area contributed by atoms with Crippen LogP contribution in [0.5, 0.6) is 0 Å². The number of hydrogen-bond donors (Lipinski definition) is 2. The van der Waals surface area contributed by atoms with Gasteiger partial charge in [-0.2, -0.15) is 0 Å². The highest BCUT2D eigenvalue weighted by molar-refractivity contribution is 6.62. The first-order chi connectivity index (χ1) is 8.56. The maximum absolute atomic E-state index is 10.6. The smallest absolute Gasteiger partial charge is 0.465 e. The molecule has 0 rings (SSSR count). The van der Waals surface area contributed by atoms with Gasteiger partial charge in [0.2, 0.25) is 0 Å². The van der Waals surface area contributed by atoms with E-state index in [1.807, 2.05) is 27.7 Å². The summed E-state index contributed by atoms with van der Waals surface area (Å²) in [6.07, 6.45) is -0.298. The summed E-state index contributed by atoms with van der Waals surface area (Å²) in [7, 11) is -2.82. The van der Waals surface area contributed by atoms with E-state index >= 15 is 0 Å². The SMILES string of the molecule is CCO[Si](OCC)(OCC)C(CC)CNC(=O)O. The van der Waals surface area contributed by atoms with Gasteiger partial charge in [-0.3, -0.25) is 0 Å². The van der Waals surface area contributed by atoms with E-state index < -0.39 is 14.9 Å². The van der Waals surface area contributed by atoms with E-state index in [1.54, 1.807) is 0 Å². The first kappa shape index (κ1) is 17.4. The maximum atomic E-state index is 10.6. The average molecular weight is 279 g/mol. The van der Waals surface area contributed by atoms with Gasteiger partial charge in [0.25, 0.3) is 0 Å². The zero-order valence-electron chi connectivity index (χ0n) is 11.7. The van der Waals surface area contributed by atoms with Crippen LogP contribution in [0.3, 0.4) is 0 Å². The van der Waals surface area contributed by atoms with Crippen LogP contribution in [0.2, 0.25) is 5.54 Å². The molecule has 0 fully saturated rings. The summed E-state index contributed by atoms with van der Waals surface area (Å²) < 4.78 is 17.3. The van der Waals surface area contributed by atoms with Gasteiger partial charge in [0.1, 0.15) is 0 Å². The molecule has 0 saturated carbocycles. The third-order valence-corrected chi connectivity index (χ3v) is 6.21. The minimum atomic E-state index is -2.82. The molecule has 2 N–H and O–H groups in total. The van der Waals surface area contributed by atoms with E-state index in [9.17, 15) is 4.79 Å². The molecule has 0 bridgehead atoms. The van der Waals surface area contributed by atoms with Crippen LogP contribution in [0.15, 0.2) is 0 Å². The van der Waals surface area contributed by atoms with Crippen molar-refractivity contribution >= 4 is 14.9 Å². The van der Waals surface area contributed by atoms with Crippen molar-refractivity contribution in [2.75, 3.05) is 26.4 Å². The first-order valence-electron chi connectivity index (χ1n) is 6.44. The average Bonchev–Trinajstić information content (AvgIpc) is 2.30. The monoisotopic (exact) mass is 279 g/mol. The van der Waals surface area contributed by atoms with Gasteiger partial charge >= 0.3 is 14.9 Å². The standard InChI is InChI=1S/C11H25NO5Si/c1-5-10(9-12-11(13)14)18(15-6-2,16-7-3)17-8-4/h10,12H,5-9H2,1-4H3,(H,13,14). The van der Waals surface area contributed by atoms with E-state index in [-0.39, 0.29) is 12.1 Å². The molecule has 1 unspecified atom stereocenters. The minimum absolute atomic E-state index is 0.0616. The molecule has 7 heteroatoms. The molecule has 0 heterocycles. The Morgan fingerprint density at radius 1 is 1.11 bits per heavy atom. The van der Waals surface area contributed by atoms with Crippen LogP contribution in [0, 0.1) is 0 Å². The summed E-state index contributed by atoms with van der Waals surface area (Å²) in [4.78, 5) is 10.6. The Hall–Kier alpha value is -0.633. The Balaban J connectivity index is 4.87. The molecule has 0 saturated heterocycles. The van der Waals surface area contributed by atoms with Crippen LogP contribution in [0.4, 0.5) is 4.79 Å². The van der Waals surface area contributed by atoms with Crippen molar-refractivity contribution in [3.05, 3.63) is 0 Å². The molecule has 0 radical (unpaired) electrons. The van der Waals surface area contributed by atoms with Crippen LogP contribution in [0.1, 0.15) is 34.1 Å². The van der Waals surface area contributed by atoms with Gasteiger partial charge < -0.3 is 23.7 Å². The number of rotatable bonds is 10. The summed E-state index contributed by atoms with van der Waals surface area (Å²) in [6.45, 7) is 9.41. The zero-order chi connectivity index (χ0) is 14.0. The molecule has 0 aromatic rings. The van der Waals surface area contributed by atoms with E-state index in [0.29, 0.717) is 19.8 Å². The minimum Gasteiger partial charge on any atom is -0.465 e. The lowest BCUT2D eigenvalue weighted by atomic mass is 10.3. The van der Waals surface area contributed by atoms with Crippen molar-refractivity contribution < 1.29 is 23.2 Å². The molecule has 0 aliphatic carbocycles. The third-order valence-electron chi connectivity index (χ3n) is 2.53.